The third kappa shape index (κ3) is 2.15. The number of hydrogen-bond acceptors (Lipinski definition) is 3. The van der Waals surface area contributed by atoms with Crippen molar-refractivity contribution in [3.8, 4) is 0 Å². The number of aliphatic hydroxyl groups excluding tert-OH is 1. The zero-order chi connectivity index (χ0) is 14.3. The minimum Gasteiger partial charge on any atom is -0.461 e. The Morgan fingerprint density at radius 1 is 1.30 bits per heavy atom. The van der Waals surface area contributed by atoms with Crippen molar-refractivity contribution in [3.63, 3.8) is 0 Å². The van der Waals surface area contributed by atoms with Gasteiger partial charge in [0.1, 0.15) is 11.3 Å². The van der Waals surface area contributed by atoms with Crippen molar-refractivity contribution in [2.75, 3.05) is 13.6 Å². The quantitative estimate of drug-likeness (QED) is 0.908. The molecule has 1 fully saturated rings. The summed E-state index contributed by atoms with van der Waals surface area (Å²) in [5.74, 6) is 0.941. The highest BCUT2D eigenvalue weighted by Gasteiger charge is 2.29. The number of piperidine rings is 1. The van der Waals surface area contributed by atoms with E-state index in [9.17, 15) is 5.11 Å². The van der Waals surface area contributed by atoms with Gasteiger partial charge in [-0.25, -0.2) is 0 Å². The van der Waals surface area contributed by atoms with Gasteiger partial charge in [0.15, 0.2) is 0 Å². The van der Waals surface area contributed by atoms with Gasteiger partial charge in [0, 0.05) is 17.0 Å². The average Bonchev–Trinajstić information content (AvgIpc) is 2.74. The minimum absolute atomic E-state index is 0.195. The largest absolute Gasteiger partial charge is 0.461 e. The van der Waals surface area contributed by atoms with Crippen molar-refractivity contribution >= 4 is 11.0 Å². The standard InChI is InChI=1S/C17H23NO2/c1-11-12(2)20-17-13(11)7-6-8-14(17)16(19)15-9-4-5-10-18(15)3/h6-8,15-16,19H,4-5,9-10H2,1-3H3. The molecule has 3 nitrogen and oxygen atoms in total. The Balaban J connectivity index is 2.03. The van der Waals surface area contributed by atoms with E-state index in [-0.39, 0.29) is 6.04 Å². The van der Waals surface area contributed by atoms with E-state index in [2.05, 4.69) is 24.9 Å². The second kappa shape index (κ2) is 5.23. The SMILES string of the molecule is Cc1oc2c(C(O)C3CCCCN3C)cccc2c1C. The number of aryl methyl sites for hydroxylation is 2. The molecular formula is C17H23NO2. The summed E-state index contributed by atoms with van der Waals surface area (Å²) in [6.07, 6.45) is 2.99. The maximum absolute atomic E-state index is 10.8. The molecule has 108 valence electrons. The topological polar surface area (TPSA) is 36.6 Å². The third-order valence-electron chi connectivity index (χ3n) is 4.74. The molecule has 2 aromatic rings. The van der Waals surface area contributed by atoms with Crippen molar-refractivity contribution < 1.29 is 9.52 Å². The maximum Gasteiger partial charge on any atom is 0.140 e. The smallest absolute Gasteiger partial charge is 0.140 e. The van der Waals surface area contributed by atoms with E-state index < -0.39 is 6.10 Å². The molecule has 2 heterocycles. The zero-order valence-corrected chi connectivity index (χ0v) is 12.5. The molecular weight excluding hydrogens is 250 g/mol. The van der Waals surface area contributed by atoms with Gasteiger partial charge in [0.25, 0.3) is 0 Å². The van der Waals surface area contributed by atoms with E-state index in [1.807, 2.05) is 19.1 Å². The average molecular weight is 273 g/mol. The first kappa shape index (κ1) is 13.7. The van der Waals surface area contributed by atoms with Crippen LogP contribution >= 0.6 is 0 Å². The molecule has 0 saturated carbocycles. The van der Waals surface area contributed by atoms with Crippen LogP contribution in [0.5, 0.6) is 0 Å². The molecule has 0 aliphatic carbocycles. The van der Waals surface area contributed by atoms with Crippen LogP contribution in [0.1, 0.15) is 42.3 Å². The summed E-state index contributed by atoms with van der Waals surface area (Å²) in [6, 6.07) is 6.28. The summed E-state index contributed by atoms with van der Waals surface area (Å²) < 4.78 is 5.90. The third-order valence-corrected chi connectivity index (χ3v) is 4.74. The first-order chi connectivity index (χ1) is 9.59. The van der Waals surface area contributed by atoms with Gasteiger partial charge in [0.2, 0.25) is 0 Å². The monoisotopic (exact) mass is 273 g/mol. The Morgan fingerprint density at radius 3 is 2.85 bits per heavy atom. The van der Waals surface area contributed by atoms with E-state index in [1.165, 1.54) is 18.4 Å². The van der Waals surface area contributed by atoms with Crippen LogP contribution in [0.2, 0.25) is 0 Å². The number of fused-ring (bicyclic) bond motifs is 1. The predicted octanol–water partition coefficient (Wildman–Crippen LogP) is 3.57. The van der Waals surface area contributed by atoms with Crippen LogP contribution in [0.25, 0.3) is 11.0 Å². The van der Waals surface area contributed by atoms with E-state index in [1.54, 1.807) is 0 Å². The number of likely N-dealkylation sites (tertiary alicyclic amines) is 1. The highest BCUT2D eigenvalue weighted by molar-refractivity contribution is 5.85. The first-order valence-corrected chi connectivity index (χ1v) is 7.46. The van der Waals surface area contributed by atoms with Gasteiger partial charge in [-0.05, 0) is 45.8 Å². The summed E-state index contributed by atoms with van der Waals surface area (Å²) in [5.41, 5.74) is 2.96. The molecule has 2 unspecified atom stereocenters. The molecule has 20 heavy (non-hydrogen) atoms. The molecule has 0 bridgehead atoms. The van der Waals surface area contributed by atoms with Crippen LogP contribution in [-0.4, -0.2) is 29.6 Å². The second-order valence-electron chi connectivity index (χ2n) is 6.00. The molecule has 1 saturated heterocycles. The maximum atomic E-state index is 10.8. The van der Waals surface area contributed by atoms with Crippen LogP contribution in [0.15, 0.2) is 22.6 Å². The van der Waals surface area contributed by atoms with Crippen LogP contribution in [0, 0.1) is 13.8 Å². The van der Waals surface area contributed by atoms with Gasteiger partial charge in [-0.1, -0.05) is 24.6 Å². The van der Waals surface area contributed by atoms with Gasteiger partial charge < -0.3 is 14.4 Å². The Hall–Kier alpha value is -1.32. The highest BCUT2D eigenvalue weighted by atomic mass is 16.3. The summed E-state index contributed by atoms with van der Waals surface area (Å²) in [4.78, 5) is 2.27. The van der Waals surface area contributed by atoms with Crippen molar-refractivity contribution in [3.05, 3.63) is 35.1 Å². The molecule has 3 rings (SSSR count). The molecule has 0 spiro atoms. The van der Waals surface area contributed by atoms with E-state index >= 15 is 0 Å². The number of furan rings is 1. The molecule has 1 aliphatic rings. The first-order valence-electron chi connectivity index (χ1n) is 7.46. The van der Waals surface area contributed by atoms with Crippen LogP contribution in [0.3, 0.4) is 0 Å². The summed E-state index contributed by atoms with van der Waals surface area (Å²) in [6.45, 7) is 5.12. The molecule has 1 aromatic heterocycles. The minimum atomic E-state index is -0.478. The Morgan fingerprint density at radius 2 is 2.10 bits per heavy atom. The number of rotatable bonds is 2. The fourth-order valence-electron chi connectivity index (χ4n) is 3.32. The fraction of sp³-hybridized carbons (Fsp3) is 0.529. The van der Waals surface area contributed by atoms with E-state index in [4.69, 9.17) is 4.42 Å². The summed E-state index contributed by atoms with van der Waals surface area (Å²) >= 11 is 0. The Labute approximate surface area is 120 Å². The molecule has 1 N–H and O–H groups in total. The highest BCUT2D eigenvalue weighted by Crippen LogP contribution is 2.34. The Kier molecular flexibility index (Phi) is 3.57. The van der Waals surface area contributed by atoms with Crippen LogP contribution in [-0.2, 0) is 0 Å². The number of hydrogen-bond donors (Lipinski definition) is 1. The predicted molar refractivity (Wildman–Crippen MR) is 80.9 cm³/mol. The van der Waals surface area contributed by atoms with Crippen molar-refractivity contribution in [1.29, 1.82) is 0 Å². The number of nitrogens with zero attached hydrogens (tertiary/aromatic N) is 1. The number of para-hydroxylation sites is 1. The second-order valence-corrected chi connectivity index (χ2v) is 6.00. The van der Waals surface area contributed by atoms with Gasteiger partial charge >= 0.3 is 0 Å². The number of likely N-dealkylation sites (N-methyl/N-ethyl adjacent to an activating group) is 1. The molecule has 3 heteroatoms. The van der Waals surface area contributed by atoms with Gasteiger partial charge in [-0.2, -0.15) is 0 Å². The van der Waals surface area contributed by atoms with E-state index in [0.717, 1.165) is 35.3 Å². The summed E-state index contributed by atoms with van der Waals surface area (Å²) in [5, 5.41) is 11.9. The molecule has 1 aliphatic heterocycles. The van der Waals surface area contributed by atoms with Gasteiger partial charge in [-0.3, -0.25) is 0 Å². The van der Waals surface area contributed by atoms with Gasteiger partial charge in [0.05, 0.1) is 6.10 Å². The fourth-order valence-corrected chi connectivity index (χ4v) is 3.32. The van der Waals surface area contributed by atoms with E-state index in [0.29, 0.717) is 0 Å². The lowest BCUT2D eigenvalue weighted by atomic mass is 9.92. The van der Waals surface area contributed by atoms with Crippen molar-refractivity contribution in [2.45, 2.75) is 45.3 Å². The normalized spacial score (nSPS) is 22.3. The number of benzene rings is 1. The van der Waals surface area contributed by atoms with Crippen molar-refractivity contribution in [2.24, 2.45) is 0 Å². The lowest BCUT2D eigenvalue weighted by molar-refractivity contribution is 0.0406. The molecule has 0 amide bonds. The zero-order valence-electron chi connectivity index (χ0n) is 12.5. The van der Waals surface area contributed by atoms with Gasteiger partial charge in [-0.15, -0.1) is 0 Å². The lowest BCUT2D eigenvalue weighted by Crippen LogP contribution is -2.40. The van der Waals surface area contributed by atoms with Crippen LogP contribution < -0.4 is 0 Å². The molecule has 2 atom stereocenters. The lowest BCUT2D eigenvalue weighted by Gasteiger charge is -2.35. The van der Waals surface area contributed by atoms with Crippen LogP contribution in [0.4, 0.5) is 0 Å². The van der Waals surface area contributed by atoms with Crippen molar-refractivity contribution in [1.82, 2.24) is 4.90 Å². The Bertz CT molecular complexity index is 617. The number of aliphatic hydroxyl groups is 1. The molecule has 0 radical (unpaired) electrons. The molecule has 1 aromatic carbocycles. The summed E-state index contributed by atoms with van der Waals surface area (Å²) in [7, 11) is 2.10.